The van der Waals surface area contributed by atoms with E-state index in [0.717, 1.165) is 26.2 Å². The number of hydrogen-bond acceptors (Lipinski definition) is 3. The summed E-state index contributed by atoms with van der Waals surface area (Å²) in [5.41, 5.74) is 8.05. The maximum absolute atomic E-state index is 2.50. The number of hydrogen-bond donors (Lipinski definition) is 0. The zero-order valence-electron chi connectivity index (χ0n) is 17.0. The van der Waals surface area contributed by atoms with E-state index in [1.807, 2.05) is 11.9 Å². The lowest BCUT2D eigenvalue weighted by atomic mass is 9.97. The van der Waals surface area contributed by atoms with Gasteiger partial charge in [0, 0.05) is 36.8 Å². The highest BCUT2D eigenvalue weighted by Crippen LogP contribution is 2.30. The van der Waals surface area contributed by atoms with Gasteiger partial charge in [-0.2, -0.15) is 0 Å². The van der Waals surface area contributed by atoms with Crippen molar-refractivity contribution in [2.75, 3.05) is 31.1 Å². The lowest BCUT2D eigenvalue weighted by Gasteiger charge is -2.35. The molecule has 1 aliphatic heterocycles. The van der Waals surface area contributed by atoms with E-state index in [1.54, 1.807) is 0 Å². The van der Waals surface area contributed by atoms with Crippen LogP contribution in [0, 0.1) is 20.8 Å². The fourth-order valence-electron chi connectivity index (χ4n) is 3.75. The summed E-state index contributed by atoms with van der Waals surface area (Å²) >= 11 is 1.90. The highest BCUT2D eigenvalue weighted by molar-refractivity contribution is 7.97. The highest BCUT2D eigenvalue weighted by atomic mass is 32.2. The normalized spacial score (nSPS) is 15.0. The zero-order chi connectivity index (χ0) is 19.5. The van der Waals surface area contributed by atoms with Crippen LogP contribution in [-0.4, -0.2) is 30.5 Å². The Bertz CT molecular complexity index is 941. The molecule has 0 unspecified atom stereocenters. The average Bonchev–Trinajstić information content (AvgIpc) is 2.73. The Morgan fingerprint density at radius 2 is 1.36 bits per heavy atom. The van der Waals surface area contributed by atoms with Crippen LogP contribution in [0.3, 0.4) is 0 Å². The smallest absolute Gasteiger partial charge is 0.0367 e. The molecule has 0 radical (unpaired) electrons. The molecule has 0 bridgehead atoms. The summed E-state index contributed by atoms with van der Waals surface area (Å²) in [5.74, 6) is 0. The Labute approximate surface area is 173 Å². The minimum atomic E-state index is 1.07. The molecule has 0 saturated carbocycles. The van der Waals surface area contributed by atoms with Gasteiger partial charge in [0.2, 0.25) is 0 Å². The van der Waals surface area contributed by atoms with Crippen LogP contribution in [-0.2, 0) is 0 Å². The van der Waals surface area contributed by atoms with E-state index in [0.29, 0.717) is 0 Å². The summed E-state index contributed by atoms with van der Waals surface area (Å²) in [5, 5.41) is 0. The Balaban J connectivity index is 1.40. The molecule has 1 saturated heterocycles. The Kier molecular flexibility index (Phi) is 5.74. The van der Waals surface area contributed by atoms with Crippen molar-refractivity contribution in [1.82, 2.24) is 4.31 Å². The summed E-state index contributed by atoms with van der Waals surface area (Å²) in [6, 6.07) is 24.3. The van der Waals surface area contributed by atoms with E-state index in [2.05, 4.69) is 96.7 Å². The fourth-order valence-corrected chi connectivity index (χ4v) is 4.73. The second-order valence-electron chi connectivity index (χ2n) is 7.57. The molecular weight excluding hydrogens is 360 g/mol. The minimum absolute atomic E-state index is 1.07. The van der Waals surface area contributed by atoms with Gasteiger partial charge in [0.1, 0.15) is 0 Å². The third kappa shape index (κ3) is 4.11. The van der Waals surface area contributed by atoms with Crippen LogP contribution < -0.4 is 4.90 Å². The van der Waals surface area contributed by atoms with Crippen LogP contribution in [0.5, 0.6) is 0 Å². The summed E-state index contributed by atoms with van der Waals surface area (Å²) in [7, 11) is 0. The molecule has 3 aromatic carbocycles. The van der Waals surface area contributed by atoms with Crippen LogP contribution in [0.4, 0.5) is 5.69 Å². The van der Waals surface area contributed by atoms with E-state index in [1.165, 1.54) is 38.4 Å². The molecule has 0 aliphatic carbocycles. The van der Waals surface area contributed by atoms with Gasteiger partial charge in [0.05, 0.1) is 0 Å². The largest absolute Gasteiger partial charge is 0.369 e. The van der Waals surface area contributed by atoms with Crippen LogP contribution >= 0.6 is 11.9 Å². The van der Waals surface area contributed by atoms with Crippen LogP contribution in [0.2, 0.25) is 0 Å². The van der Waals surface area contributed by atoms with Crippen LogP contribution in [0.15, 0.2) is 71.6 Å². The van der Waals surface area contributed by atoms with Gasteiger partial charge in [-0.1, -0.05) is 48.5 Å². The second-order valence-corrected chi connectivity index (χ2v) is 8.71. The quantitative estimate of drug-likeness (QED) is 0.498. The number of anilines is 1. The van der Waals surface area contributed by atoms with Gasteiger partial charge < -0.3 is 4.90 Å². The molecule has 2 nitrogen and oxygen atoms in total. The Morgan fingerprint density at radius 3 is 2.07 bits per heavy atom. The third-order valence-electron chi connectivity index (χ3n) is 5.71. The molecular formula is C25H28N2S. The molecule has 3 aromatic rings. The maximum atomic E-state index is 2.50. The molecule has 1 heterocycles. The van der Waals surface area contributed by atoms with Gasteiger partial charge >= 0.3 is 0 Å². The number of benzene rings is 3. The maximum Gasteiger partial charge on any atom is 0.0367 e. The Hall–Kier alpha value is -2.23. The first kappa shape index (κ1) is 19.1. The topological polar surface area (TPSA) is 6.48 Å². The monoisotopic (exact) mass is 388 g/mol. The van der Waals surface area contributed by atoms with Crippen LogP contribution in [0.25, 0.3) is 11.1 Å². The Morgan fingerprint density at radius 1 is 0.679 bits per heavy atom. The average molecular weight is 389 g/mol. The molecule has 1 aliphatic rings. The summed E-state index contributed by atoms with van der Waals surface area (Å²) in [4.78, 5) is 3.87. The van der Waals surface area contributed by atoms with Crippen LogP contribution in [0.1, 0.15) is 16.7 Å². The van der Waals surface area contributed by atoms with Gasteiger partial charge in [0.15, 0.2) is 0 Å². The molecule has 144 valence electrons. The van der Waals surface area contributed by atoms with Gasteiger partial charge in [-0.15, -0.1) is 0 Å². The number of piperazine rings is 1. The first-order chi connectivity index (χ1) is 13.6. The highest BCUT2D eigenvalue weighted by Gasteiger charge is 2.18. The lowest BCUT2D eigenvalue weighted by Crippen LogP contribution is -2.43. The van der Waals surface area contributed by atoms with E-state index >= 15 is 0 Å². The first-order valence-corrected chi connectivity index (χ1v) is 10.8. The van der Waals surface area contributed by atoms with E-state index in [9.17, 15) is 0 Å². The van der Waals surface area contributed by atoms with Gasteiger partial charge in [0.25, 0.3) is 0 Å². The molecule has 0 aromatic heterocycles. The third-order valence-corrected chi connectivity index (χ3v) is 6.99. The summed E-state index contributed by atoms with van der Waals surface area (Å²) in [6.45, 7) is 10.9. The molecule has 0 spiro atoms. The minimum Gasteiger partial charge on any atom is -0.369 e. The van der Waals surface area contributed by atoms with Crippen molar-refractivity contribution >= 4 is 17.6 Å². The molecule has 28 heavy (non-hydrogen) atoms. The molecule has 1 fully saturated rings. The standard InChI is InChI=1S/C25H28N2S/c1-19-8-6-9-24(21(19)3)22-11-13-23(14-12-22)26-15-17-27(18-16-26)28-25-10-5-4-7-20(25)2/h4-14H,15-18H2,1-3H3. The molecule has 0 atom stereocenters. The molecule has 4 rings (SSSR count). The second kappa shape index (κ2) is 8.42. The van der Waals surface area contributed by atoms with Crippen molar-refractivity contribution in [3.8, 4) is 11.1 Å². The SMILES string of the molecule is Cc1ccccc1SN1CCN(c2ccc(-c3cccc(C)c3C)cc2)CC1. The lowest BCUT2D eigenvalue weighted by molar-refractivity contribution is 0.429. The van der Waals surface area contributed by atoms with E-state index in [-0.39, 0.29) is 0 Å². The van der Waals surface area contributed by atoms with Crippen molar-refractivity contribution in [1.29, 1.82) is 0 Å². The van der Waals surface area contributed by atoms with Crippen molar-refractivity contribution in [3.05, 3.63) is 83.4 Å². The van der Waals surface area contributed by atoms with E-state index < -0.39 is 0 Å². The van der Waals surface area contributed by atoms with Gasteiger partial charge in [-0.05, 0) is 78.7 Å². The van der Waals surface area contributed by atoms with Gasteiger partial charge in [-0.3, -0.25) is 0 Å². The summed E-state index contributed by atoms with van der Waals surface area (Å²) in [6.07, 6.45) is 0. The predicted octanol–water partition coefficient (Wildman–Crippen LogP) is 6.11. The molecule has 3 heteroatoms. The number of aryl methyl sites for hydroxylation is 2. The number of nitrogens with zero attached hydrogens (tertiary/aromatic N) is 2. The molecule has 0 amide bonds. The van der Waals surface area contributed by atoms with Crippen molar-refractivity contribution in [2.24, 2.45) is 0 Å². The first-order valence-electron chi connectivity index (χ1n) is 10.0. The summed E-state index contributed by atoms with van der Waals surface area (Å²) < 4.78 is 2.49. The van der Waals surface area contributed by atoms with Gasteiger partial charge in [-0.25, -0.2) is 4.31 Å². The fraction of sp³-hybridized carbons (Fsp3) is 0.280. The zero-order valence-corrected chi connectivity index (χ0v) is 17.8. The predicted molar refractivity (Wildman–Crippen MR) is 122 cm³/mol. The number of rotatable bonds is 4. The van der Waals surface area contributed by atoms with Crippen molar-refractivity contribution in [3.63, 3.8) is 0 Å². The van der Waals surface area contributed by atoms with Crippen molar-refractivity contribution in [2.45, 2.75) is 25.7 Å². The molecule has 0 N–H and O–H groups in total. The van der Waals surface area contributed by atoms with Crippen molar-refractivity contribution < 1.29 is 0 Å². The van der Waals surface area contributed by atoms with E-state index in [4.69, 9.17) is 0 Å².